The van der Waals surface area contributed by atoms with E-state index in [0.29, 0.717) is 6.42 Å². The highest BCUT2D eigenvalue weighted by atomic mass is 32.2. The first-order chi connectivity index (χ1) is 9.36. The average Bonchev–Trinajstić information content (AvgIpc) is 2.78. The number of nitrogens with zero attached hydrogens (tertiary/aromatic N) is 1. The molecule has 0 aromatic heterocycles. The van der Waals surface area contributed by atoms with Crippen LogP contribution in [0.15, 0.2) is 0 Å². The fourth-order valence-corrected chi connectivity index (χ4v) is 5.97. The summed E-state index contributed by atoms with van der Waals surface area (Å²) in [6.45, 7) is 3.87. The lowest BCUT2D eigenvalue weighted by molar-refractivity contribution is -0.141. The van der Waals surface area contributed by atoms with Gasteiger partial charge in [-0.25, -0.2) is 8.42 Å². The van der Waals surface area contributed by atoms with Crippen LogP contribution in [0, 0.1) is 11.8 Å². The molecular weight excluding hydrogens is 278 g/mol. The fraction of sp³-hybridized carbons (Fsp3) is 0.929. The zero-order valence-corrected chi connectivity index (χ0v) is 13.1. The summed E-state index contributed by atoms with van der Waals surface area (Å²) in [5.74, 6) is -0.628. The lowest BCUT2D eigenvalue weighted by atomic mass is 9.85. The normalized spacial score (nSPS) is 32.8. The molecule has 1 aliphatic heterocycles. The van der Waals surface area contributed by atoms with Crippen LogP contribution in [-0.2, 0) is 14.8 Å². The van der Waals surface area contributed by atoms with Crippen molar-refractivity contribution in [2.24, 2.45) is 11.8 Å². The van der Waals surface area contributed by atoms with Gasteiger partial charge < -0.3 is 5.11 Å². The average molecular weight is 303 g/mol. The zero-order chi connectivity index (χ0) is 14.9. The number of aliphatic carboxylic acids is 1. The van der Waals surface area contributed by atoms with Crippen LogP contribution in [0.2, 0.25) is 0 Å². The molecule has 0 radical (unpaired) electrons. The van der Waals surface area contributed by atoms with Crippen molar-refractivity contribution < 1.29 is 18.3 Å². The number of fused-ring (bicyclic) bond motifs is 1. The maximum Gasteiger partial charge on any atom is 0.322 e. The van der Waals surface area contributed by atoms with Gasteiger partial charge in [-0.05, 0) is 31.1 Å². The van der Waals surface area contributed by atoms with Crippen molar-refractivity contribution in [2.45, 2.75) is 64.5 Å². The van der Waals surface area contributed by atoms with Gasteiger partial charge in [0.25, 0.3) is 0 Å². The van der Waals surface area contributed by atoms with E-state index in [-0.39, 0.29) is 23.6 Å². The zero-order valence-electron chi connectivity index (χ0n) is 12.3. The maximum atomic E-state index is 12.6. The van der Waals surface area contributed by atoms with Crippen molar-refractivity contribution >= 4 is 16.0 Å². The van der Waals surface area contributed by atoms with Crippen molar-refractivity contribution in [1.82, 2.24) is 4.31 Å². The number of carbonyl (C=O) groups is 1. The van der Waals surface area contributed by atoms with Crippen molar-refractivity contribution in [3.8, 4) is 0 Å². The van der Waals surface area contributed by atoms with Crippen LogP contribution < -0.4 is 0 Å². The number of hydrogen-bond donors (Lipinski definition) is 1. The van der Waals surface area contributed by atoms with Crippen molar-refractivity contribution in [3.63, 3.8) is 0 Å². The first kappa shape index (κ1) is 15.8. The van der Waals surface area contributed by atoms with Gasteiger partial charge >= 0.3 is 5.97 Å². The fourth-order valence-electron chi connectivity index (χ4n) is 3.59. The third kappa shape index (κ3) is 3.01. The Morgan fingerprint density at radius 3 is 2.60 bits per heavy atom. The summed E-state index contributed by atoms with van der Waals surface area (Å²) in [5, 5.41) is 9.38. The predicted octanol–water partition coefficient (Wildman–Crippen LogP) is 2.08. The Labute approximate surface area is 121 Å². The van der Waals surface area contributed by atoms with Gasteiger partial charge in [-0.15, -0.1) is 0 Å². The van der Waals surface area contributed by atoms with Gasteiger partial charge in [-0.3, -0.25) is 4.79 Å². The molecule has 20 heavy (non-hydrogen) atoms. The molecule has 0 bridgehead atoms. The molecule has 0 aromatic rings. The van der Waals surface area contributed by atoms with E-state index in [4.69, 9.17) is 0 Å². The molecule has 6 heteroatoms. The number of hydrogen-bond acceptors (Lipinski definition) is 3. The standard InChI is InChI=1S/C14H25NO4S/c1-3-10(2)9-20(18,19)15-12-7-5-4-6-11(12)8-13(15)14(16)17/h10-13H,3-9H2,1-2H3,(H,16,17). The van der Waals surface area contributed by atoms with Crippen LogP contribution in [0.3, 0.4) is 0 Å². The highest BCUT2D eigenvalue weighted by molar-refractivity contribution is 7.89. The van der Waals surface area contributed by atoms with Crippen LogP contribution >= 0.6 is 0 Å². The van der Waals surface area contributed by atoms with E-state index in [0.717, 1.165) is 32.1 Å². The molecule has 1 heterocycles. The van der Waals surface area contributed by atoms with Crippen LogP contribution in [0.25, 0.3) is 0 Å². The molecular formula is C14H25NO4S. The molecule has 0 spiro atoms. The van der Waals surface area contributed by atoms with Gasteiger partial charge in [-0.2, -0.15) is 4.31 Å². The monoisotopic (exact) mass is 303 g/mol. The minimum atomic E-state index is -3.48. The van der Waals surface area contributed by atoms with Crippen molar-refractivity contribution in [1.29, 1.82) is 0 Å². The molecule has 4 unspecified atom stereocenters. The first-order valence-corrected chi connectivity index (χ1v) is 9.21. The number of carboxylic acids is 1. The molecule has 1 aliphatic carbocycles. The number of carboxylic acid groups (broad SMARTS) is 1. The summed E-state index contributed by atoms with van der Waals surface area (Å²) in [6, 6.07) is -0.934. The first-order valence-electron chi connectivity index (χ1n) is 7.60. The largest absolute Gasteiger partial charge is 0.480 e. The Balaban J connectivity index is 2.26. The summed E-state index contributed by atoms with van der Waals surface area (Å²) in [7, 11) is -3.48. The SMILES string of the molecule is CCC(C)CS(=O)(=O)N1C(C(=O)O)CC2CCCCC21. The van der Waals surface area contributed by atoms with Crippen LogP contribution in [0.5, 0.6) is 0 Å². The molecule has 1 N–H and O–H groups in total. The van der Waals surface area contributed by atoms with Crippen molar-refractivity contribution in [2.75, 3.05) is 5.75 Å². The van der Waals surface area contributed by atoms with E-state index in [1.165, 1.54) is 4.31 Å². The van der Waals surface area contributed by atoms with E-state index in [9.17, 15) is 18.3 Å². The third-order valence-electron chi connectivity index (χ3n) is 4.83. The molecule has 2 fully saturated rings. The molecule has 4 atom stereocenters. The minimum Gasteiger partial charge on any atom is -0.480 e. The number of sulfonamides is 1. The second-order valence-corrected chi connectivity index (χ2v) is 8.24. The Hall–Kier alpha value is -0.620. The van der Waals surface area contributed by atoms with Crippen molar-refractivity contribution in [3.05, 3.63) is 0 Å². The highest BCUT2D eigenvalue weighted by Crippen LogP contribution is 2.41. The third-order valence-corrected chi connectivity index (χ3v) is 6.99. The van der Waals surface area contributed by atoms with Crippen LogP contribution in [0.1, 0.15) is 52.4 Å². The lowest BCUT2D eigenvalue weighted by Gasteiger charge is -2.32. The van der Waals surface area contributed by atoms with Gasteiger partial charge in [0.2, 0.25) is 10.0 Å². The molecule has 116 valence electrons. The van der Waals surface area contributed by atoms with Crippen LogP contribution in [0.4, 0.5) is 0 Å². The molecule has 0 amide bonds. The predicted molar refractivity (Wildman–Crippen MR) is 76.9 cm³/mol. The highest BCUT2D eigenvalue weighted by Gasteiger charge is 2.50. The van der Waals surface area contributed by atoms with Gasteiger partial charge in [0.15, 0.2) is 0 Å². The maximum absolute atomic E-state index is 12.6. The molecule has 0 aromatic carbocycles. The summed E-state index contributed by atoms with van der Waals surface area (Å²) in [6.07, 6.45) is 5.15. The Kier molecular flexibility index (Phi) is 4.74. The topological polar surface area (TPSA) is 74.7 Å². The van der Waals surface area contributed by atoms with E-state index in [2.05, 4.69) is 0 Å². The number of rotatable bonds is 5. The lowest BCUT2D eigenvalue weighted by Crippen LogP contribution is -2.47. The van der Waals surface area contributed by atoms with E-state index < -0.39 is 22.0 Å². The van der Waals surface area contributed by atoms with Gasteiger partial charge in [0, 0.05) is 6.04 Å². The van der Waals surface area contributed by atoms with E-state index >= 15 is 0 Å². The molecule has 1 saturated carbocycles. The molecule has 2 aliphatic rings. The smallest absolute Gasteiger partial charge is 0.322 e. The quantitative estimate of drug-likeness (QED) is 0.844. The van der Waals surface area contributed by atoms with Crippen LogP contribution in [-0.4, -0.2) is 41.6 Å². The second-order valence-electron chi connectivity index (χ2n) is 6.32. The summed E-state index contributed by atoms with van der Waals surface area (Å²) in [5.41, 5.74) is 0. The Morgan fingerprint density at radius 1 is 1.35 bits per heavy atom. The molecule has 5 nitrogen and oxygen atoms in total. The Morgan fingerprint density at radius 2 is 2.00 bits per heavy atom. The van der Waals surface area contributed by atoms with E-state index in [1.54, 1.807) is 0 Å². The minimum absolute atomic E-state index is 0.0660. The van der Waals surface area contributed by atoms with Gasteiger partial charge in [0.05, 0.1) is 5.75 Å². The molecule has 1 saturated heterocycles. The second kappa shape index (κ2) is 6.02. The van der Waals surface area contributed by atoms with E-state index in [1.807, 2.05) is 13.8 Å². The summed E-state index contributed by atoms with van der Waals surface area (Å²) in [4.78, 5) is 11.5. The van der Waals surface area contributed by atoms with Gasteiger partial charge in [-0.1, -0.05) is 33.1 Å². The summed E-state index contributed by atoms with van der Waals surface area (Å²) < 4.78 is 26.6. The summed E-state index contributed by atoms with van der Waals surface area (Å²) >= 11 is 0. The molecule has 2 rings (SSSR count). The Bertz CT molecular complexity index is 462. The van der Waals surface area contributed by atoms with Gasteiger partial charge in [0.1, 0.15) is 6.04 Å².